The fourth-order valence-corrected chi connectivity index (χ4v) is 8.52. The Kier molecular flexibility index (Phi) is 7.60. The molecule has 1 fully saturated rings. The molecule has 2 N–H and O–H groups in total. The van der Waals surface area contributed by atoms with Gasteiger partial charge in [0.1, 0.15) is 5.25 Å². The molecule has 0 spiro atoms. The van der Waals surface area contributed by atoms with Crippen LogP contribution in [0.4, 0.5) is 11.4 Å². The van der Waals surface area contributed by atoms with Crippen molar-refractivity contribution in [3.05, 3.63) is 110 Å². The van der Waals surface area contributed by atoms with E-state index >= 15 is 0 Å². The monoisotopic (exact) mass is 657 g/mol. The van der Waals surface area contributed by atoms with Gasteiger partial charge in [-0.25, -0.2) is 4.90 Å². The standard InChI is InChI=1S/C33H24ClN3O6S2/c1-42-24-15-18(9-14-23(24)43-16-25(38)35-22-8-4-6-17-5-2-3-7-21(17)22)26-27-29(44-30-28(26)45-33(41)36-30)32(40)37(31(27)39)20-12-10-19(34)11-13-20/h2-15,26-27,29H,16H2,1H3,(H,35,38)(H,36,41). The Bertz CT molecular complexity index is 2040. The smallest absolute Gasteiger partial charge is 0.305 e. The highest BCUT2D eigenvalue weighted by molar-refractivity contribution is 8.00. The molecular formula is C33H24ClN3O6S2. The topological polar surface area (TPSA) is 118 Å². The van der Waals surface area contributed by atoms with Gasteiger partial charge in [-0.3, -0.25) is 19.2 Å². The van der Waals surface area contributed by atoms with Gasteiger partial charge in [0.25, 0.3) is 5.91 Å². The summed E-state index contributed by atoms with van der Waals surface area (Å²) in [6.07, 6.45) is 0. The van der Waals surface area contributed by atoms with Gasteiger partial charge in [0.05, 0.1) is 23.7 Å². The number of halogens is 1. The highest BCUT2D eigenvalue weighted by Gasteiger charge is 2.56. The third-order valence-electron chi connectivity index (χ3n) is 7.88. The van der Waals surface area contributed by atoms with Gasteiger partial charge in [0.2, 0.25) is 11.8 Å². The molecule has 226 valence electrons. The van der Waals surface area contributed by atoms with Gasteiger partial charge in [-0.2, -0.15) is 0 Å². The van der Waals surface area contributed by atoms with Crippen LogP contribution in [0.15, 0.2) is 94.7 Å². The van der Waals surface area contributed by atoms with Crippen LogP contribution in [0.3, 0.4) is 0 Å². The Hall–Kier alpha value is -4.58. The first kappa shape index (κ1) is 29.1. The number of nitrogens with one attached hydrogen (secondary N) is 2. The number of ether oxygens (including phenoxy) is 2. The van der Waals surface area contributed by atoms with Crippen molar-refractivity contribution in [3.63, 3.8) is 0 Å². The normalized spacial score (nSPS) is 18.9. The van der Waals surface area contributed by atoms with Gasteiger partial charge in [-0.1, -0.05) is 77.2 Å². The Morgan fingerprint density at radius 1 is 0.956 bits per heavy atom. The lowest BCUT2D eigenvalue weighted by Gasteiger charge is -2.30. The molecule has 0 bridgehead atoms. The van der Waals surface area contributed by atoms with E-state index in [0.717, 1.165) is 22.1 Å². The molecule has 3 amide bonds. The maximum Gasteiger partial charge on any atom is 0.305 e. The van der Waals surface area contributed by atoms with Gasteiger partial charge in [0.15, 0.2) is 18.1 Å². The number of anilines is 2. The van der Waals surface area contributed by atoms with Crippen molar-refractivity contribution >= 4 is 74.6 Å². The molecule has 3 unspecified atom stereocenters. The summed E-state index contributed by atoms with van der Waals surface area (Å²) in [5.41, 5.74) is 1.78. The van der Waals surface area contributed by atoms with Crippen LogP contribution in [0.25, 0.3) is 10.8 Å². The molecule has 4 aromatic carbocycles. The summed E-state index contributed by atoms with van der Waals surface area (Å²) in [5.74, 6) is -1.75. The van der Waals surface area contributed by atoms with Crippen molar-refractivity contribution in [2.75, 3.05) is 23.9 Å². The van der Waals surface area contributed by atoms with Gasteiger partial charge >= 0.3 is 4.87 Å². The van der Waals surface area contributed by atoms with E-state index in [9.17, 15) is 19.2 Å². The average Bonchev–Trinajstić information content (AvgIpc) is 3.54. The minimum atomic E-state index is -0.764. The SMILES string of the molecule is COc1cc(C2c3sc(=O)[nH]c3SC3C(=O)N(c4ccc(Cl)cc4)C(=O)C32)ccc1OCC(=O)Nc1cccc2ccccc12. The molecular weight excluding hydrogens is 634 g/mol. The lowest BCUT2D eigenvalue weighted by molar-refractivity contribution is -0.122. The zero-order chi connectivity index (χ0) is 31.2. The van der Waals surface area contributed by atoms with Crippen molar-refractivity contribution in [1.82, 2.24) is 4.98 Å². The fourth-order valence-electron chi connectivity index (χ4n) is 5.88. The predicted octanol–water partition coefficient (Wildman–Crippen LogP) is 6.06. The number of rotatable bonds is 7. The summed E-state index contributed by atoms with van der Waals surface area (Å²) >= 11 is 8.27. The molecule has 45 heavy (non-hydrogen) atoms. The molecule has 12 heteroatoms. The zero-order valence-corrected chi connectivity index (χ0v) is 26.0. The summed E-state index contributed by atoms with van der Waals surface area (Å²) in [6.45, 7) is -0.268. The van der Waals surface area contributed by atoms with Gasteiger partial charge < -0.3 is 19.8 Å². The van der Waals surface area contributed by atoms with Crippen molar-refractivity contribution in [2.24, 2.45) is 5.92 Å². The Morgan fingerprint density at radius 2 is 1.73 bits per heavy atom. The first-order valence-corrected chi connectivity index (χ1v) is 16.0. The number of aromatic amines is 1. The fraction of sp³-hybridized carbons (Fsp3) is 0.152. The van der Waals surface area contributed by atoms with Gasteiger partial charge in [-0.15, -0.1) is 0 Å². The first-order valence-electron chi connectivity index (χ1n) is 13.9. The summed E-state index contributed by atoms with van der Waals surface area (Å²) in [5, 5.41) is 5.14. The predicted molar refractivity (Wildman–Crippen MR) is 175 cm³/mol. The molecule has 9 nitrogen and oxygen atoms in total. The minimum Gasteiger partial charge on any atom is -0.493 e. The summed E-state index contributed by atoms with van der Waals surface area (Å²) in [7, 11) is 1.48. The van der Waals surface area contributed by atoms with E-state index in [1.54, 1.807) is 42.5 Å². The summed E-state index contributed by atoms with van der Waals surface area (Å²) in [4.78, 5) is 57.3. The van der Waals surface area contributed by atoms with Crippen LogP contribution in [0.5, 0.6) is 11.5 Å². The minimum absolute atomic E-state index is 0.268. The Labute approximate surface area is 270 Å². The van der Waals surface area contributed by atoms with Crippen LogP contribution in [0.2, 0.25) is 5.02 Å². The Balaban J connectivity index is 1.16. The summed E-state index contributed by atoms with van der Waals surface area (Å²) < 4.78 is 11.5. The molecule has 5 aromatic rings. The number of amides is 3. The largest absolute Gasteiger partial charge is 0.493 e. The number of carbonyl (C=O) groups excluding carboxylic acids is 3. The molecule has 0 aliphatic carbocycles. The molecule has 3 atom stereocenters. The number of H-pyrrole nitrogens is 1. The van der Waals surface area contributed by atoms with Gasteiger partial charge in [0, 0.05) is 26.9 Å². The molecule has 1 aromatic heterocycles. The number of fused-ring (bicyclic) bond motifs is 3. The van der Waals surface area contributed by atoms with Crippen molar-refractivity contribution in [2.45, 2.75) is 16.2 Å². The van der Waals surface area contributed by atoms with E-state index in [4.69, 9.17) is 21.1 Å². The number of benzene rings is 4. The second-order valence-corrected chi connectivity index (χ2v) is 13.1. The van der Waals surface area contributed by atoms with Crippen LogP contribution in [-0.2, 0) is 14.4 Å². The number of carbonyl (C=O) groups is 3. The van der Waals surface area contributed by atoms with Crippen LogP contribution in [-0.4, -0.2) is 41.7 Å². The second kappa shape index (κ2) is 11.7. The third-order valence-corrected chi connectivity index (χ3v) is 10.5. The molecule has 1 saturated heterocycles. The summed E-state index contributed by atoms with van der Waals surface area (Å²) in [6, 6.07) is 25.1. The highest BCUT2D eigenvalue weighted by Crippen LogP contribution is 2.53. The quantitative estimate of drug-likeness (QED) is 0.204. The number of nitrogens with zero attached hydrogens (tertiary/aromatic N) is 1. The third kappa shape index (κ3) is 5.26. The van der Waals surface area contributed by atoms with Crippen LogP contribution < -0.4 is 24.6 Å². The van der Waals surface area contributed by atoms with Crippen LogP contribution in [0, 0.1) is 5.92 Å². The van der Waals surface area contributed by atoms with Crippen molar-refractivity contribution < 1.29 is 23.9 Å². The number of aromatic nitrogens is 1. The maximum atomic E-state index is 13.9. The number of imide groups is 1. The molecule has 3 heterocycles. The zero-order valence-electron chi connectivity index (χ0n) is 23.6. The number of thioether (sulfide) groups is 1. The van der Waals surface area contributed by atoms with E-state index in [1.165, 1.54) is 23.8 Å². The average molecular weight is 658 g/mol. The number of methoxy groups -OCH3 is 1. The molecule has 2 aliphatic heterocycles. The number of hydrogen-bond donors (Lipinski definition) is 2. The number of thiazole rings is 1. The lowest BCUT2D eigenvalue weighted by atomic mass is 9.83. The molecule has 2 aliphatic rings. The second-order valence-electron chi connectivity index (χ2n) is 10.5. The van der Waals surface area contributed by atoms with E-state index in [2.05, 4.69) is 10.3 Å². The lowest BCUT2D eigenvalue weighted by Crippen LogP contribution is -2.32. The van der Waals surface area contributed by atoms with Crippen LogP contribution in [0.1, 0.15) is 16.4 Å². The van der Waals surface area contributed by atoms with E-state index in [0.29, 0.717) is 43.4 Å². The van der Waals surface area contributed by atoms with Crippen LogP contribution >= 0.6 is 34.7 Å². The number of hydrogen-bond acceptors (Lipinski definition) is 8. The van der Waals surface area contributed by atoms with Crippen molar-refractivity contribution in [3.8, 4) is 11.5 Å². The maximum absolute atomic E-state index is 13.9. The Morgan fingerprint density at radius 3 is 2.53 bits per heavy atom. The van der Waals surface area contributed by atoms with E-state index < -0.39 is 17.1 Å². The van der Waals surface area contributed by atoms with Crippen molar-refractivity contribution in [1.29, 1.82) is 0 Å². The first-order chi connectivity index (χ1) is 21.8. The molecule has 7 rings (SSSR count). The molecule has 0 radical (unpaired) electrons. The van der Waals surface area contributed by atoms with E-state index in [-0.39, 0.29) is 29.2 Å². The van der Waals surface area contributed by atoms with E-state index in [1.807, 2.05) is 42.5 Å². The van der Waals surface area contributed by atoms with Gasteiger partial charge in [-0.05, 0) is 53.4 Å². The highest BCUT2D eigenvalue weighted by atomic mass is 35.5. The molecule has 0 saturated carbocycles.